The summed E-state index contributed by atoms with van der Waals surface area (Å²) in [4.78, 5) is 0. The molecule has 2 aliphatic carbocycles. The summed E-state index contributed by atoms with van der Waals surface area (Å²) in [5.41, 5.74) is 0. The Bertz CT molecular complexity index is 177. The molecular weight excluding hydrogens is 188 g/mol. The lowest BCUT2D eigenvalue weighted by Crippen LogP contribution is -2.29. The SMILES string of the molecule is OC1CCCCCC1OCCC1CCC1. The Morgan fingerprint density at radius 3 is 2.47 bits per heavy atom. The number of rotatable bonds is 4. The van der Waals surface area contributed by atoms with Gasteiger partial charge in [0.2, 0.25) is 0 Å². The normalized spacial score (nSPS) is 33.4. The molecule has 2 saturated carbocycles. The van der Waals surface area contributed by atoms with Gasteiger partial charge in [-0.1, -0.05) is 38.5 Å². The fourth-order valence-corrected chi connectivity index (χ4v) is 2.62. The predicted octanol–water partition coefficient (Wildman–Crippen LogP) is 2.89. The van der Waals surface area contributed by atoms with Crippen LogP contribution in [0.1, 0.15) is 57.8 Å². The second-order valence-corrected chi connectivity index (χ2v) is 5.20. The Morgan fingerprint density at radius 2 is 1.73 bits per heavy atom. The minimum atomic E-state index is -0.200. The molecule has 15 heavy (non-hydrogen) atoms. The highest BCUT2D eigenvalue weighted by Crippen LogP contribution is 2.29. The van der Waals surface area contributed by atoms with Crippen LogP contribution in [0.3, 0.4) is 0 Å². The molecule has 0 heterocycles. The summed E-state index contributed by atoms with van der Waals surface area (Å²) < 4.78 is 5.83. The van der Waals surface area contributed by atoms with Gasteiger partial charge >= 0.3 is 0 Å². The van der Waals surface area contributed by atoms with Gasteiger partial charge in [0.05, 0.1) is 12.2 Å². The zero-order valence-electron chi connectivity index (χ0n) is 9.66. The van der Waals surface area contributed by atoms with Crippen LogP contribution in [0.15, 0.2) is 0 Å². The van der Waals surface area contributed by atoms with E-state index in [-0.39, 0.29) is 12.2 Å². The van der Waals surface area contributed by atoms with Gasteiger partial charge in [0, 0.05) is 6.61 Å². The highest BCUT2D eigenvalue weighted by molar-refractivity contribution is 4.74. The third-order valence-corrected chi connectivity index (χ3v) is 4.00. The minimum absolute atomic E-state index is 0.132. The van der Waals surface area contributed by atoms with Crippen molar-refractivity contribution >= 4 is 0 Å². The third kappa shape index (κ3) is 3.46. The van der Waals surface area contributed by atoms with Crippen molar-refractivity contribution in [2.24, 2.45) is 5.92 Å². The smallest absolute Gasteiger partial charge is 0.0833 e. The summed E-state index contributed by atoms with van der Waals surface area (Å²) in [6.45, 7) is 0.867. The van der Waals surface area contributed by atoms with Gasteiger partial charge in [-0.05, 0) is 25.2 Å². The van der Waals surface area contributed by atoms with Gasteiger partial charge in [0.15, 0.2) is 0 Å². The molecular formula is C13H24O2. The third-order valence-electron chi connectivity index (χ3n) is 4.00. The lowest BCUT2D eigenvalue weighted by Gasteiger charge is -2.27. The minimum Gasteiger partial charge on any atom is -0.390 e. The van der Waals surface area contributed by atoms with Crippen molar-refractivity contribution in [3.8, 4) is 0 Å². The number of hydrogen-bond donors (Lipinski definition) is 1. The fourth-order valence-electron chi connectivity index (χ4n) is 2.62. The maximum Gasteiger partial charge on any atom is 0.0833 e. The molecule has 2 aliphatic rings. The van der Waals surface area contributed by atoms with E-state index in [0.717, 1.165) is 25.4 Å². The zero-order chi connectivity index (χ0) is 10.5. The second-order valence-electron chi connectivity index (χ2n) is 5.20. The summed E-state index contributed by atoms with van der Waals surface area (Å²) in [6, 6.07) is 0. The Morgan fingerprint density at radius 1 is 0.933 bits per heavy atom. The van der Waals surface area contributed by atoms with Crippen molar-refractivity contribution in [2.45, 2.75) is 70.0 Å². The molecule has 2 atom stereocenters. The first-order chi connectivity index (χ1) is 7.36. The highest BCUT2D eigenvalue weighted by Gasteiger charge is 2.23. The van der Waals surface area contributed by atoms with E-state index < -0.39 is 0 Å². The van der Waals surface area contributed by atoms with Crippen molar-refractivity contribution in [1.82, 2.24) is 0 Å². The molecule has 2 heteroatoms. The molecule has 0 aromatic carbocycles. The first-order valence-electron chi connectivity index (χ1n) is 6.66. The molecule has 0 saturated heterocycles. The van der Waals surface area contributed by atoms with Crippen molar-refractivity contribution in [3.63, 3.8) is 0 Å². The van der Waals surface area contributed by atoms with Crippen LogP contribution in [0.2, 0.25) is 0 Å². The van der Waals surface area contributed by atoms with Gasteiger partial charge < -0.3 is 9.84 Å². The van der Waals surface area contributed by atoms with E-state index >= 15 is 0 Å². The van der Waals surface area contributed by atoms with E-state index in [9.17, 15) is 5.11 Å². The molecule has 0 radical (unpaired) electrons. The van der Waals surface area contributed by atoms with Gasteiger partial charge in [0.1, 0.15) is 0 Å². The van der Waals surface area contributed by atoms with Crippen LogP contribution in [0, 0.1) is 5.92 Å². The number of aliphatic hydroxyl groups excluding tert-OH is 1. The Labute approximate surface area is 93.0 Å². The number of aliphatic hydroxyl groups is 1. The van der Waals surface area contributed by atoms with Gasteiger partial charge in [-0.15, -0.1) is 0 Å². The summed E-state index contributed by atoms with van der Waals surface area (Å²) in [5, 5.41) is 9.86. The van der Waals surface area contributed by atoms with Crippen LogP contribution in [-0.2, 0) is 4.74 Å². The second kappa shape index (κ2) is 5.86. The lowest BCUT2D eigenvalue weighted by atomic mass is 9.83. The molecule has 2 fully saturated rings. The Hall–Kier alpha value is -0.0800. The molecule has 88 valence electrons. The van der Waals surface area contributed by atoms with E-state index in [4.69, 9.17) is 4.74 Å². The lowest BCUT2D eigenvalue weighted by molar-refractivity contribution is -0.0460. The van der Waals surface area contributed by atoms with Crippen molar-refractivity contribution in [2.75, 3.05) is 6.61 Å². The maximum absolute atomic E-state index is 9.86. The van der Waals surface area contributed by atoms with Crippen LogP contribution >= 0.6 is 0 Å². The van der Waals surface area contributed by atoms with E-state index in [2.05, 4.69) is 0 Å². The van der Waals surface area contributed by atoms with Crippen molar-refractivity contribution in [3.05, 3.63) is 0 Å². The van der Waals surface area contributed by atoms with Gasteiger partial charge in [-0.3, -0.25) is 0 Å². The maximum atomic E-state index is 9.86. The number of hydrogen-bond acceptors (Lipinski definition) is 2. The van der Waals surface area contributed by atoms with E-state index in [1.165, 1.54) is 44.9 Å². The number of ether oxygens (including phenoxy) is 1. The average molecular weight is 212 g/mol. The topological polar surface area (TPSA) is 29.5 Å². The highest BCUT2D eigenvalue weighted by atomic mass is 16.5. The zero-order valence-corrected chi connectivity index (χ0v) is 9.66. The molecule has 0 aromatic rings. The summed E-state index contributed by atoms with van der Waals surface area (Å²) in [6.07, 6.45) is 11.0. The van der Waals surface area contributed by atoms with Crippen LogP contribution in [-0.4, -0.2) is 23.9 Å². The van der Waals surface area contributed by atoms with E-state index in [0.29, 0.717) is 0 Å². The Kier molecular flexibility index (Phi) is 4.45. The van der Waals surface area contributed by atoms with Gasteiger partial charge in [0.25, 0.3) is 0 Å². The molecule has 2 nitrogen and oxygen atoms in total. The van der Waals surface area contributed by atoms with Gasteiger partial charge in [-0.2, -0.15) is 0 Å². The Balaban J connectivity index is 1.62. The van der Waals surface area contributed by atoms with Crippen LogP contribution < -0.4 is 0 Å². The first kappa shape index (κ1) is 11.4. The molecule has 2 unspecified atom stereocenters. The largest absolute Gasteiger partial charge is 0.390 e. The van der Waals surface area contributed by atoms with Gasteiger partial charge in [-0.25, -0.2) is 0 Å². The van der Waals surface area contributed by atoms with E-state index in [1.54, 1.807) is 0 Å². The first-order valence-corrected chi connectivity index (χ1v) is 6.66. The molecule has 2 rings (SSSR count). The monoisotopic (exact) mass is 212 g/mol. The quantitative estimate of drug-likeness (QED) is 0.726. The molecule has 1 N–H and O–H groups in total. The fraction of sp³-hybridized carbons (Fsp3) is 1.00. The molecule has 0 aromatic heterocycles. The van der Waals surface area contributed by atoms with Crippen LogP contribution in [0.4, 0.5) is 0 Å². The average Bonchev–Trinajstić information content (AvgIpc) is 2.36. The molecule has 0 spiro atoms. The van der Waals surface area contributed by atoms with Crippen LogP contribution in [0.5, 0.6) is 0 Å². The summed E-state index contributed by atoms with van der Waals surface area (Å²) in [5.74, 6) is 0.924. The summed E-state index contributed by atoms with van der Waals surface area (Å²) in [7, 11) is 0. The molecule has 0 aliphatic heterocycles. The van der Waals surface area contributed by atoms with Crippen molar-refractivity contribution < 1.29 is 9.84 Å². The van der Waals surface area contributed by atoms with E-state index in [1.807, 2.05) is 0 Å². The van der Waals surface area contributed by atoms with Crippen molar-refractivity contribution in [1.29, 1.82) is 0 Å². The standard InChI is InChI=1S/C13H24O2/c14-12-7-2-1-3-8-13(12)15-10-9-11-5-4-6-11/h11-14H,1-10H2. The predicted molar refractivity (Wildman–Crippen MR) is 60.8 cm³/mol. The summed E-state index contributed by atoms with van der Waals surface area (Å²) >= 11 is 0. The molecule has 0 bridgehead atoms. The molecule has 0 amide bonds. The van der Waals surface area contributed by atoms with Crippen LogP contribution in [0.25, 0.3) is 0 Å².